The Morgan fingerprint density at radius 3 is 2.42 bits per heavy atom. The number of nitrogens with zero attached hydrogens (tertiary/aromatic N) is 2. The van der Waals surface area contributed by atoms with Gasteiger partial charge in [-0.25, -0.2) is 0 Å². The molecule has 3 aromatic rings. The van der Waals surface area contributed by atoms with Gasteiger partial charge in [-0.15, -0.1) is 0 Å². The standard InChI is InChI=1S/C27H29ClN2O3/c1-32-25-12-6-10-23(18-25)26(33-20-21-7-5-11-24(28)17-21)19-29-13-15-30(16-14-29)27(31)22-8-3-2-4-9-22/h2-12,17-18,26H,13-16,19-20H2,1H3/t26-/m0/s1. The van der Waals surface area contributed by atoms with Gasteiger partial charge in [0.15, 0.2) is 0 Å². The summed E-state index contributed by atoms with van der Waals surface area (Å²) >= 11 is 6.14. The summed E-state index contributed by atoms with van der Waals surface area (Å²) in [6.45, 7) is 4.22. The number of carbonyl (C=O) groups excluding carboxylic acids is 1. The third-order valence-electron chi connectivity index (χ3n) is 5.91. The average Bonchev–Trinajstić information content (AvgIpc) is 2.87. The molecule has 1 amide bonds. The Morgan fingerprint density at radius 1 is 0.939 bits per heavy atom. The summed E-state index contributed by atoms with van der Waals surface area (Å²) in [5.74, 6) is 0.902. The van der Waals surface area contributed by atoms with Crippen LogP contribution in [0.4, 0.5) is 0 Å². The molecule has 1 fully saturated rings. The molecular weight excluding hydrogens is 436 g/mol. The number of piperazine rings is 1. The van der Waals surface area contributed by atoms with E-state index in [9.17, 15) is 4.79 Å². The minimum absolute atomic E-state index is 0.0943. The largest absolute Gasteiger partial charge is 0.497 e. The SMILES string of the molecule is COc1cccc([C@H](CN2CCN(C(=O)c3ccccc3)CC2)OCc2cccc(Cl)c2)c1. The molecule has 0 saturated carbocycles. The summed E-state index contributed by atoms with van der Waals surface area (Å²) in [4.78, 5) is 17.1. The van der Waals surface area contributed by atoms with Gasteiger partial charge in [0.05, 0.1) is 19.8 Å². The Balaban J connectivity index is 1.41. The maximum Gasteiger partial charge on any atom is 0.253 e. The van der Waals surface area contributed by atoms with E-state index < -0.39 is 0 Å². The zero-order valence-corrected chi connectivity index (χ0v) is 19.6. The van der Waals surface area contributed by atoms with Crippen LogP contribution in [0.25, 0.3) is 0 Å². The minimum Gasteiger partial charge on any atom is -0.497 e. The second-order valence-corrected chi connectivity index (χ2v) is 8.60. The number of carbonyl (C=O) groups is 1. The number of ether oxygens (including phenoxy) is 2. The van der Waals surface area contributed by atoms with Crippen LogP contribution >= 0.6 is 11.6 Å². The molecule has 1 aliphatic rings. The molecule has 0 aliphatic carbocycles. The predicted octanol–water partition coefficient (Wildman–Crippen LogP) is 5.06. The number of methoxy groups -OCH3 is 1. The molecule has 0 spiro atoms. The molecule has 0 radical (unpaired) electrons. The molecule has 6 heteroatoms. The van der Waals surface area contributed by atoms with E-state index in [0.29, 0.717) is 24.7 Å². The van der Waals surface area contributed by atoms with E-state index in [2.05, 4.69) is 11.0 Å². The van der Waals surface area contributed by atoms with Crippen LogP contribution in [0.3, 0.4) is 0 Å². The van der Waals surface area contributed by atoms with Gasteiger partial charge in [-0.05, 0) is 47.5 Å². The Morgan fingerprint density at radius 2 is 1.70 bits per heavy atom. The van der Waals surface area contributed by atoms with Gasteiger partial charge in [0.2, 0.25) is 0 Å². The molecule has 1 aliphatic heterocycles. The van der Waals surface area contributed by atoms with Gasteiger partial charge in [-0.2, -0.15) is 0 Å². The topological polar surface area (TPSA) is 42.0 Å². The lowest BCUT2D eigenvalue weighted by atomic mass is 10.1. The zero-order valence-electron chi connectivity index (χ0n) is 18.8. The minimum atomic E-state index is -0.129. The van der Waals surface area contributed by atoms with Crippen LogP contribution in [0.15, 0.2) is 78.9 Å². The van der Waals surface area contributed by atoms with Crippen molar-refractivity contribution >= 4 is 17.5 Å². The van der Waals surface area contributed by atoms with Crippen LogP contribution < -0.4 is 4.74 Å². The summed E-state index contributed by atoms with van der Waals surface area (Å²) in [7, 11) is 1.67. The van der Waals surface area contributed by atoms with Gasteiger partial charge in [-0.3, -0.25) is 9.69 Å². The first-order valence-corrected chi connectivity index (χ1v) is 11.6. The maximum absolute atomic E-state index is 12.8. The molecule has 5 nitrogen and oxygen atoms in total. The fourth-order valence-electron chi connectivity index (χ4n) is 4.05. The predicted molar refractivity (Wildman–Crippen MR) is 131 cm³/mol. The van der Waals surface area contributed by atoms with Crippen LogP contribution in [0.2, 0.25) is 5.02 Å². The van der Waals surface area contributed by atoms with E-state index in [1.807, 2.05) is 77.7 Å². The lowest BCUT2D eigenvalue weighted by Gasteiger charge is -2.36. The molecule has 1 atom stereocenters. The second-order valence-electron chi connectivity index (χ2n) is 8.17. The van der Waals surface area contributed by atoms with Crippen molar-refractivity contribution in [3.8, 4) is 5.75 Å². The third kappa shape index (κ3) is 6.35. The van der Waals surface area contributed by atoms with E-state index in [1.54, 1.807) is 7.11 Å². The van der Waals surface area contributed by atoms with Crippen molar-refractivity contribution < 1.29 is 14.3 Å². The fourth-order valence-corrected chi connectivity index (χ4v) is 4.26. The van der Waals surface area contributed by atoms with Crippen molar-refractivity contribution in [2.24, 2.45) is 0 Å². The van der Waals surface area contributed by atoms with Gasteiger partial charge in [0.25, 0.3) is 5.91 Å². The van der Waals surface area contributed by atoms with Crippen molar-refractivity contribution in [2.75, 3.05) is 39.8 Å². The van der Waals surface area contributed by atoms with Crippen LogP contribution in [0, 0.1) is 0 Å². The Labute approximate surface area is 200 Å². The Kier molecular flexibility index (Phi) is 8.00. The number of hydrogen-bond donors (Lipinski definition) is 0. The fraction of sp³-hybridized carbons (Fsp3) is 0.296. The molecule has 0 aromatic heterocycles. The summed E-state index contributed by atoms with van der Waals surface area (Å²) in [5.41, 5.74) is 2.85. The average molecular weight is 465 g/mol. The van der Waals surface area contributed by atoms with Crippen molar-refractivity contribution in [1.82, 2.24) is 9.80 Å². The van der Waals surface area contributed by atoms with Gasteiger partial charge in [0, 0.05) is 43.3 Å². The lowest BCUT2D eigenvalue weighted by Crippen LogP contribution is -2.49. The second kappa shape index (κ2) is 11.3. The molecule has 0 bridgehead atoms. The molecule has 0 unspecified atom stereocenters. The monoisotopic (exact) mass is 464 g/mol. The molecule has 1 saturated heterocycles. The van der Waals surface area contributed by atoms with E-state index in [-0.39, 0.29) is 12.0 Å². The summed E-state index contributed by atoms with van der Waals surface area (Å²) in [5, 5.41) is 0.702. The molecule has 4 rings (SSSR count). The first kappa shape index (κ1) is 23.3. The van der Waals surface area contributed by atoms with E-state index >= 15 is 0 Å². The van der Waals surface area contributed by atoms with Crippen LogP contribution in [0.1, 0.15) is 27.6 Å². The number of hydrogen-bond acceptors (Lipinski definition) is 4. The van der Waals surface area contributed by atoms with E-state index in [4.69, 9.17) is 21.1 Å². The highest BCUT2D eigenvalue weighted by Gasteiger charge is 2.25. The zero-order chi connectivity index (χ0) is 23.0. The molecule has 172 valence electrons. The van der Waals surface area contributed by atoms with E-state index in [0.717, 1.165) is 42.1 Å². The summed E-state index contributed by atoms with van der Waals surface area (Å²) in [6, 6.07) is 25.2. The van der Waals surface area contributed by atoms with E-state index in [1.165, 1.54) is 0 Å². The molecule has 1 heterocycles. The number of amides is 1. The first-order chi connectivity index (χ1) is 16.1. The van der Waals surface area contributed by atoms with Crippen LogP contribution in [0.5, 0.6) is 5.75 Å². The van der Waals surface area contributed by atoms with Crippen LogP contribution in [-0.4, -0.2) is 55.5 Å². The normalized spacial score (nSPS) is 15.3. The highest BCUT2D eigenvalue weighted by atomic mass is 35.5. The summed E-state index contributed by atoms with van der Waals surface area (Å²) < 4.78 is 11.8. The van der Waals surface area contributed by atoms with Gasteiger partial charge in [0.1, 0.15) is 5.75 Å². The highest BCUT2D eigenvalue weighted by Crippen LogP contribution is 2.25. The number of rotatable bonds is 8. The van der Waals surface area contributed by atoms with Gasteiger partial charge >= 0.3 is 0 Å². The number of benzene rings is 3. The van der Waals surface area contributed by atoms with Crippen molar-refractivity contribution in [3.63, 3.8) is 0 Å². The first-order valence-electron chi connectivity index (χ1n) is 11.2. The molecule has 33 heavy (non-hydrogen) atoms. The van der Waals surface area contributed by atoms with Crippen molar-refractivity contribution in [2.45, 2.75) is 12.7 Å². The van der Waals surface area contributed by atoms with Crippen molar-refractivity contribution in [1.29, 1.82) is 0 Å². The molecular formula is C27H29ClN2O3. The molecule has 0 N–H and O–H groups in total. The maximum atomic E-state index is 12.8. The van der Waals surface area contributed by atoms with Gasteiger partial charge in [-0.1, -0.05) is 54.1 Å². The third-order valence-corrected chi connectivity index (χ3v) is 6.15. The Bertz CT molecular complexity index is 1050. The van der Waals surface area contributed by atoms with Crippen molar-refractivity contribution in [3.05, 3.63) is 101 Å². The summed E-state index contributed by atoms with van der Waals surface area (Å²) in [6.07, 6.45) is -0.129. The molecule has 3 aromatic carbocycles. The highest BCUT2D eigenvalue weighted by molar-refractivity contribution is 6.30. The lowest BCUT2D eigenvalue weighted by molar-refractivity contribution is 0.00333. The van der Waals surface area contributed by atoms with Crippen LogP contribution in [-0.2, 0) is 11.3 Å². The quantitative estimate of drug-likeness (QED) is 0.467. The number of halogens is 1. The Hall–Kier alpha value is -2.86. The van der Waals surface area contributed by atoms with Gasteiger partial charge < -0.3 is 14.4 Å². The smallest absolute Gasteiger partial charge is 0.253 e.